The Morgan fingerprint density at radius 3 is 2.26 bits per heavy atom. The molecular weight excluding hydrogens is 450 g/mol. The number of aromatic amines is 1. The van der Waals surface area contributed by atoms with Crippen LogP contribution in [0, 0.1) is 0 Å². The van der Waals surface area contributed by atoms with E-state index >= 15 is 0 Å². The molecule has 6 rings (SSSR count). The Morgan fingerprint density at radius 2 is 1.57 bits per heavy atom. The van der Waals surface area contributed by atoms with Crippen molar-refractivity contribution in [3.8, 4) is 5.69 Å². The van der Waals surface area contributed by atoms with Crippen molar-refractivity contribution in [2.75, 3.05) is 5.75 Å². The Morgan fingerprint density at radius 1 is 0.943 bits per heavy atom. The minimum absolute atomic E-state index is 0.0865. The van der Waals surface area contributed by atoms with Gasteiger partial charge >= 0.3 is 0 Å². The van der Waals surface area contributed by atoms with Crippen LogP contribution in [0.5, 0.6) is 0 Å². The van der Waals surface area contributed by atoms with E-state index in [0.717, 1.165) is 27.7 Å². The van der Waals surface area contributed by atoms with E-state index in [1.54, 1.807) is 15.7 Å². The fraction of sp³-hybridized carbons (Fsp3) is 0.200. The van der Waals surface area contributed by atoms with Crippen molar-refractivity contribution < 1.29 is 0 Å². The minimum Gasteiger partial charge on any atom is -0.349 e. The molecule has 0 atom stereocenters. The maximum absolute atomic E-state index is 13.2. The molecule has 0 saturated carbocycles. The zero-order chi connectivity index (χ0) is 24.2. The highest BCUT2D eigenvalue weighted by atomic mass is 32.2. The summed E-state index contributed by atoms with van der Waals surface area (Å²) in [5, 5.41) is 1.64. The molecule has 1 aliphatic rings. The molecule has 3 aromatic carbocycles. The Balaban J connectivity index is 0.000000211. The lowest BCUT2D eigenvalue weighted by atomic mass is 9.92. The van der Waals surface area contributed by atoms with E-state index in [4.69, 9.17) is 4.98 Å². The summed E-state index contributed by atoms with van der Waals surface area (Å²) in [6.45, 7) is 5.93. The van der Waals surface area contributed by atoms with Gasteiger partial charge in [0.2, 0.25) is 0 Å². The van der Waals surface area contributed by atoms with Crippen LogP contribution in [0.1, 0.15) is 30.9 Å². The SMILES string of the molecule is C=C(C)CSc1nc2c([nH]c3ccccc32)c(=O)n1-c1ccccc1.c1ccc2c(c1)CCCC2. The quantitative estimate of drug-likeness (QED) is 0.170. The van der Waals surface area contributed by atoms with Gasteiger partial charge in [0, 0.05) is 16.7 Å². The number of H-pyrrole nitrogens is 1. The average Bonchev–Trinajstić information content (AvgIpc) is 3.27. The lowest BCUT2D eigenvalue weighted by Crippen LogP contribution is -2.21. The van der Waals surface area contributed by atoms with Gasteiger partial charge in [-0.1, -0.05) is 84.6 Å². The van der Waals surface area contributed by atoms with Crippen LogP contribution in [0.15, 0.2) is 101 Å². The third kappa shape index (κ3) is 4.96. The maximum atomic E-state index is 13.2. The molecule has 0 spiro atoms. The molecule has 0 fully saturated rings. The van der Waals surface area contributed by atoms with Gasteiger partial charge in [-0.15, -0.1) is 0 Å². The highest BCUT2D eigenvalue weighted by Gasteiger charge is 2.17. The summed E-state index contributed by atoms with van der Waals surface area (Å²) in [4.78, 5) is 21.3. The van der Waals surface area contributed by atoms with Gasteiger partial charge in [0.05, 0.1) is 5.69 Å². The van der Waals surface area contributed by atoms with Gasteiger partial charge < -0.3 is 4.98 Å². The number of aromatic nitrogens is 3. The maximum Gasteiger partial charge on any atom is 0.283 e. The number of nitrogens with one attached hydrogen (secondary N) is 1. The summed E-state index contributed by atoms with van der Waals surface area (Å²) in [7, 11) is 0. The van der Waals surface area contributed by atoms with E-state index in [-0.39, 0.29) is 5.56 Å². The molecule has 4 nitrogen and oxygen atoms in total. The van der Waals surface area contributed by atoms with E-state index in [1.807, 2.05) is 61.5 Å². The second kappa shape index (κ2) is 10.4. The standard InChI is InChI=1S/C20H17N3OS.C10H12/c1-13(2)12-25-20-22-17-15-10-6-7-11-16(15)21-18(17)19(24)23(20)14-8-4-3-5-9-14;1-2-6-10-8-4-3-7-9(10)5-1/h3-11,21H,1,12H2,2H3;1-2,5-6H,3-4,7-8H2. The molecule has 0 amide bonds. The van der Waals surface area contributed by atoms with Gasteiger partial charge in [-0.05, 0) is 61.9 Å². The zero-order valence-corrected chi connectivity index (χ0v) is 20.8. The van der Waals surface area contributed by atoms with Gasteiger partial charge in [0.1, 0.15) is 11.0 Å². The molecule has 5 heteroatoms. The minimum atomic E-state index is -0.0865. The first kappa shape index (κ1) is 23.2. The summed E-state index contributed by atoms with van der Waals surface area (Å²) in [6, 6.07) is 26.3. The molecule has 0 saturated heterocycles. The van der Waals surface area contributed by atoms with E-state index in [9.17, 15) is 4.79 Å². The molecule has 5 aromatic rings. The first-order valence-corrected chi connectivity index (χ1v) is 13.0. The molecule has 0 bridgehead atoms. The predicted molar refractivity (Wildman–Crippen MR) is 148 cm³/mol. The van der Waals surface area contributed by atoms with Crippen LogP contribution < -0.4 is 5.56 Å². The topological polar surface area (TPSA) is 50.7 Å². The fourth-order valence-corrected chi connectivity index (χ4v) is 5.36. The van der Waals surface area contributed by atoms with Crippen molar-refractivity contribution in [3.05, 3.63) is 112 Å². The molecular formula is C30H29N3OS. The van der Waals surface area contributed by atoms with E-state index in [0.29, 0.717) is 16.4 Å². The Labute approximate surface area is 209 Å². The van der Waals surface area contributed by atoms with Crippen molar-refractivity contribution in [3.63, 3.8) is 0 Å². The summed E-state index contributed by atoms with van der Waals surface area (Å²) in [6.07, 6.45) is 5.38. The molecule has 35 heavy (non-hydrogen) atoms. The van der Waals surface area contributed by atoms with Crippen LogP contribution in [-0.2, 0) is 12.8 Å². The van der Waals surface area contributed by atoms with Crippen LogP contribution >= 0.6 is 11.8 Å². The van der Waals surface area contributed by atoms with Crippen LogP contribution in [0.4, 0.5) is 0 Å². The smallest absolute Gasteiger partial charge is 0.283 e. The van der Waals surface area contributed by atoms with Gasteiger partial charge in [-0.2, -0.15) is 0 Å². The van der Waals surface area contributed by atoms with Crippen molar-refractivity contribution in [1.82, 2.24) is 14.5 Å². The lowest BCUT2D eigenvalue weighted by molar-refractivity contribution is 0.685. The number of nitrogens with zero attached hydrogens (tertiary/aromatic N) is 2. The Hall–Kier alpha value is -3.57. The molecule has 2 heterocycles. The van der Waals surface area contributed by atoms with Crippen molar-refractivity contribution in [2.24, 2.45) is 0 Å². The van der Waals surface area contributed by atoms with Crippen LogP contribution in [0.3, 0.4) is 0 Å². The number of fused-ring (bicyclic) bond motifs is 4. The molecule has 0 aliphatic heterocycles. The zero-order valence-electron chi connectivity index (χ0n) is 20.0. The highest BCUT2D eigenvalue weighted by Crippen LogP contribution is 2.27. The van der Waals surface area contributed by atoms with E-state index in [2.05, 4.69) is 35.8 Å². The Kier molecular flexibility index (Phi) is 6.87. The molecule has 0 unspecified atom stereocenters. The van der Waals surface area contributed by atoms with Crippen LogP contribution in [-0.4, -0.2) is 20.3 Å². The van der Waals surface area contributed by atoms with Gasteiger partial charge in [0.15, 0.2) is 5.16 Å². The monoisotopic (exact) mass is 479 g/mol. The first-order valence-electron chi connectivity index (χ1n) is 12.0. The van der Waals surface area contributed by atoms with E-state index < -0.39 is 0 Å². The Bertz CT molecular complexity index is 1520. The summed E-state index contributed by atoms with van der Waals surface area (Å²) in [5.74, 6) is 0.715. The second-order valence-corrected chi connectivity index (χ2v) is 9.93. The van der Waals surface area contributed by atoms with Gasteiger partial charge in [-0.25, -0.2) is 4.98 Å². The fourth-order valence-electron chi connectivity index (χ4n) is 4.51. The third-order valence-electron chi connectivity index (χ3n) is 6.22. The molecule has 1 aliphatic carbocycles. The summed E-state index contributed by atoms with van der Waals surface area (Å²) < 4.78 is 1.67. The van der Waals surface area contributed by atoms with Gasteiger partial charge in [0.25, 0.3) is 5.56 Å². The molecule has 0 radical (unpaired) electrons. The predicted octanol–water partition coefficient (Wildman–Crippen LogP) is 7.10. The summed E-state index contributed by atoms with van der Waals surface area (Å²) >= 11 is 1.53. The molecule has 1 N–H and O–H groups in total. The third-order valence-corrected chi connectivity index (χ3v) is 7.39. The van der Waals surface area contributed by atoms with Crippen molar-refractivity contribution in [1.29, 1.82) is 0 Å². The van der Waals surface area contributed by atoms with Crippen LogP contribution in [0.2, 0.25) is 0 Å². The van der Waals surface area contributed by atoms with Crippen LogP contribution in [0.25, 0.3) is 27.6 Å². The summed E-state index contributed by atoms with van der Waals surface area (Å²) in [5.41, 5.74) is 7.09. The highest BCUT2D eigenvalue weighted by molar-refractivity contribution is 7.99. The number of rotatable bonds is 4. The number of aryl methyl sites for hydroxylation is 2. The molecule has 176 valence electrons. The normalized spacial score (nSPS) is 12.7. The number of hydrogen-bond acceptors (Lipinski definition) is 3. The van der Waals surface area contributed by atoms with E-state index in [1.165, 1.54) is 37.4 Å². The number of hydrogen-bond donors (Lipinski definition) is 1. The van der Waals surface area contributed by atoms with Crippen molar-refractivity contribution >= 4 is 33.7 Å². The van der Waals surface area contributed by atoms with Crippen molar-refractivity contribution in [2.45, 2.75) is 37.8 Å². The first-order chi connectivity index (χ1) is 17.1. The second-order valence-electron chi connectivity index (χ2n) is 8.99. The molecule has 2 aromatic heterocycles. The average molecular weight is 480 g/mol. The largest absolute Gasteiger partial charge is 0.349 e. The number of benzene rings is 3. The number of thioether (sulfide) groups is 1. The lowest BCUT2D eigenvalue weighted by Gasteiger charge is -2.13. The van der Waals surface area contributed by atoms with Gasteiger partial charge in [-0.3, -0.25) is 9.36 Å². The number of para-hydroxylation sites is 2.